The highest BCUT2D eigenvalue weighted by molar-refractivity contribution is 7.71. The second-order valence-corrected chi connectivity index (χ2v) is 4.87. The highest BCUT2D eigenvalue weighted by Gasteiger charge is 2.07. The molecule has 0 spiro atoms. The van der Waals surface area contributed by atoms with Gasteiger partial charge in [0, 0.05) is 22.7 Å². The molecule has 5 heteroatoms. The van der Waals surface area contributed by atoms with Crippen molar-refractivity contribution in [3.63, 3.8) is 0 Å². The molecular weight excluding hydrogens is 268 g/mol. The zero-order valence-corrected chi connectivity index (χ0v) is 11.5. The molecule has 0 fully saturated rings. The van der Waals surface area contributed by atoms with Crippen molar-refractivity contribution in [2.45, 2.75) is 19.8 Å². The van der Waals surface area contributed by atoms with Crippen LogP contribution >= 0.6 is 23.8 Å². The van der Waals surface area contributed by atoms with Gasteiger partial charge in [-0.25, -0.2) is 0 Å². The van der Waals surface area contributed by atoms with Gasteiger partial charge in [-0.05, 0) is 36.3 Å². The van der Waals surface area contributed by atoms with Crippen LogP contribution in [0.15, 0.2) is 29.1 Å². The first-order valence-corrected chi connectivity index (χ1v) is 6.47. The maximum Gasteiger partial charge on any atom is 0.255 e. The van der Waals surface area contributed by atoms with Gasteiger partial charge in [-0.1, -0.05) is 30.7 Å². The lowest BCUT2D eigenvalue weighted by Gasteiger charge is -2.07. The van der Waals surface area contributed by atoms with Gasteiger partial charge in [0.2, 0.25) is 0 Å². The summed E-state index contributed by atoms with van der Waals surface area (Å²) in [5.74, 6) is 0. The van der Waals surface area contributed by atoms with Crippen LogP contribution in [-0.2, 0) is 12.8 Å². The molecule has 0 aliphatic heterocycles. The summed E-state index contributed by atoms with van der Waals surface area (Å²) in [5.41, 5.74) is 2.60. The van der Waals surface area contributed by atoms with Gasteiger partial charge < -0.3 is 4.98 Å². The van der Waals surface area contributed by atoms with Gasteiger partial charge in [0.1, 0.15) is 0 Å². The third-order valence-corrected chi connectivity index (χ3v) is 3.23. The van der Waals surface area contributed by atoms with Crippen molar-refractivity contribution in [1.29, 1.82) is 0 Å². The van der Waals surface area contributed by atoms with Crippen molar-refractivity contribution in [3.05, 3.63) is 61.2 Å². The summed E-state index contributed by atoms with van der Waals surface area (Å²) in [7, 11) is 0. The predicted octanol–water partition coefficient (Wildman–Crippen LogP) is 3.24. The molecule has 0 aliphatic rings. The third kappa shape index (κ3) is 2.89. The van der Waals surface area contributed by atoms with E-state index in [2.05, 4.69) is 9.97 Å². The first kappa shape index (κ1) is 13.1. The molecule has 0 saturated heterocycles. The molecule has 1 aromatic heterocycles. The second-order valence-electron chi connectivity index (χ2n) is 4.02. The molecule has 0 aliphatic carbocycles. The molecule has 0 bridgehead atoms. The van der Waals surface area contributed by atoms with Gasteiger partial charge in [-0.3, -0.25) is 9.78 Å². The maximum atomic E-state index is 11.8. The standard InChI is InChI=1S/C13H13ClN2OS/c1-2-10-11(15-13(18)16-12(10)17)7-8-3-5-9(14)6-4-8/h3-6H,2,7H2,1H3,(H2,15,16,17,18). The lowest BCUT2D eigenvalue weighted by atomic mass is 10.0. The second kappa shape index (κ2) is 5.50. The Labute approximate surface area is 115 Å². The molecule has 2 rings (SSSR count). The number of hydrogen-bond acceptors (Lipinski definition) is 2. The predicted molar refractivity (Wildman–Crippen MR) is 75.9 cm³/mol. The normalized spacial score (nSPS) is 10.6. The number of rotatable bonds is 3. The van der Waals surface area contributed by atoms with E-state index < -0.39 is 0 Å². The van der Waals surface area contributed by atoms with Crippen LogP contribution in [0.2, 0.25) is 5.02 Å². The summed E-state index contributed by atoms with van der Waals surface area (Å²) in [5, 5.41) is 0.702. The summed E-state index contributed by atoms with van der Waals surface area (Å²) in [6, 6.07) is 7.56. The molecule has 94 valence electrons. The Balaban J connectivity index is 2.42. The molecule has 1 heterocycles. The van der Waals surface area contributed by atoms with Crippen molar-refractivity contribution >= 4 is 23.8 Å². The third-order valence-electron chi connectivity index (χ3n) is 2.78. The van der Waals surface area contributed by atoms with Crippen LogP contribution in [0.3, 0.4) is 0 Å². The lowest BCUT2D eigenvalue weighted by Crippen LogP contribution is -2.17. The van der Waals surface area contributed by atoms with Crippen LogP contribution in [0, 0.1) is 4.77 Å². The molecule has 0 atom stereocenters. The van der Waals surface area contributed by atoms with Crippen LogP contribution < -0.4 is 5.56 Å². The summed E-state index contributed by atoms with van der Waals surface area (Å²) >= 11 is 10.8. The van der Waals surface area contributed by atoms with E-state index in [1.54, 1.807) is 0 Å². The lowest BCUT2D eigenvalue weighted by molar-refractivity contribution is 0.911. The Hall–Kier alpha value is -1.39. The SMILES string of the molecule is CCc1c(Cc2ccc(Cl)cc2)[nH]c(=S)[nH]c1=O. The van der Waals surface area contributed by atoms with Gasteiger partial charge in [0.25, 0.3) is 5.56 Å². The van der Waals surface area contributed by atoms with E-state index in [1.165, 1.54) is 0 Å². The van der Waals surface area contributed by atoms with Crippen molar-refractivity contribution in [2.24, 2.45) is 0 Å². The summed E-state index contributed by atoms with van der Waals surface area (Å²) in [4.78, 5) is 17.4. The minimum absolute atomic E-state index is 0.106. The molecular formula is C13H13ClN2OS. The Morgan fingerprint density at radius 2 is 1.89 bits per heavy atom. The molecule has 1 aromatic carbocycles. The van der Waals surface area contributed by atoms with Crippen molar-refractivity contribution in [3.8, 4) is 0 Å². The monoisotopic (exact) mass is 280 g/mol. The minimum atomic E-state index is -0.106. The molecule has 0 unspecified atom stereocenters. The molecule has 0 amide bonds. The van der Waals surface area contributed by atoms with Gasteiger partial charge in [-0.15, -0.1) is 0 Å². The molecule has 0 radical (unpaired) electrons. The summed E-state index contributed by atoms with van der Waals surface area (Å²) in [6.45, 7) is 1.95. The van der Waals surface area contributed by atoms with Gasteiger partial charge >= 0.3 is 0 Å². The molecule has 18 heavy (non-hydrogen) atoms. The number of aromatic nitrogens is 2. The van der Waals surface area contributed by atoms with E-state index in [0.717, 1.165) is 16.8 Å². The Kier molecular flexibility index (Phi) is 3.99. The number of halogens is 1. The fourth-order valence-electron chi connectivity index (χ4n) is 1.89. The van der Waals surface area contributed by atoms with Gasteiger partial charge in [0.15, 0.2) is 4.77 Å². The fourth-order valence-corrected chi connectivity index (χ4v) is 2.23. The Morgan fingerprint density at radius 3 is 2.50 bits per heavy atom. The zero-order valence-electron chi connectivity index (χ0n) is 9.92. The van der Waals surface area contributed by atoms with E-state index in [1.807, 2.05) is 31.2 Å². The first-order valence-electron chi connectivity index (χ1n) is 5.69. The van der Waals surface area contributed by atoms with Gasteiger partial charge in [0.05, 0.1) is 0 Å². The number of nitrogens with one attached hydrogen (secondary N) is 2. The number of H-pyrrole nitrogens is 2. The van der Waals surface area contributed by atoms with E-state index >= 15 is 0 Å². The zero-order chi connectivity index (χ0) is 13.1. The number of hydrogen-bond donors (Lipinski definition) is 2. The van der Waals surface area contributed by atoms with Gasteiger partial charge in [-0.2, -0.15) is 0 Å². The van der Waals surface area contributed by atoms with Crippen LogP contribution in [0.4, 0.5) is 0 Å². The first-order chi connectivity index (χ1) is 8.60. The fraction of sp³-hybridized carbons (Fsp3) is 0.231. The van der Waals surface area contributed by atoms with Crippen molar-refractivity contribution in [1.82, 2.24) is 9.97 Å². The van der Waals surface area contributed by atoms with E-state index in [4.69, 9.17) is 23.8 Å². The highest BCUT2D eigenvalue weighted by atomic mass is 35.5. The van der Waals surface area contributed by atoms with Crippen LogP contribution in [-0.4, -0.2) is 9.97 Å². The molecule has 2 aromatic rings. The Bertz CT molecular complexity index is 658. The average Bonchev–Trinajstić information content (AvgIpc) is 2.32. The minimum Gasteiger partial charge on any atom is -0.335 e. The average molecular weight is 281 g/mol. The maximum absolute atomic E-state index is 11.8. The highest BCUT2D eigenvalue weighted by Crippen LogP contribution is 2.13. The number of benzene rings is 1. The smallest absolute Gasteiger partial charge is 0.255 e. The molecule has 0 saturated carbocycles. The number of aromatic amines is 2. The topological polar surface area (TPSA) is 48.6 Å². The summed E-state index contributed by atoms with van der Waals surface area (Å²) in [6.07, 6.45) is 1.32. The van der Waals surface area contributed by atoms with Crippen LogP contribution in [0.1, 0.15) is 23.7 Å². The Morgan fingerprint density at radius 1 is 1.22 bits per heavy atom. The molecule has 2 N–H and O–H groups in total. The van der Waals surface area contributed by atoms with Crippen LogP contribution in [0.5, 0.6) is 0 Å². The van der Waals surface area contributed by atoms with E-state index in [0.29, 0.717) is 22.6 Å². The largest absolute Gasteiger partial charge is 0.335 e. The van der Waals surface area contributed by atoms with E-state index in [-0.39, 0.29) is 5.56 Å². The summed E-state index contributed by atoms with van der Waals surface area (Å²) < 4.78 is 0.362. The quantitative estimate of drug-likeness (QED) is 0.848. The van der Waals surface area contributed by atoms with Crippen molar-refractivity contribution < 1.29 is 0 Å². The van der Waals surface area contributed by atoms with Crippen molar-refractivity contribution in [2.75, 3.05) is 0 Å². The van der Waals surface area contributed by atoms with E-state index in [9.17, 15) is 4.79 Å². The van der Waals surface area contributed by atoms with Crippen LogP contribution in [0.25, 0.3) is 0 Å². The molecule has 3 nitrogen and oxygen atoms in total.